The maximum atomic E-state index is 12.1. The van der Waals surface area contributed by atoms with Gasteiger partial charge in [0.2, 0.25) is 0 Å². The first-order chi connectivity index (χ1) is 9.74. The van der Waals surface area contributed by atoms with E-state index in [9.17, 15) is 4.79 Å². The van der Waals surface area contributed by atoms with Crippen LogP contribution < -0.4 is 15.8 Å². The number of rotatable bonds is 3. The Kier molecular flexibility index (Phi) is 3.74. The predicted octanol–water partition coefficient (Wildman–Crippen LogP) is 1.96. The minimum absolute atomic E-state index is 0.00439. The highest BCUT2D eigenvalue weighted by Gasteiger charge is 2.16. The molecule has 0 bridgehead atoms. The van der Waals surface area contributed by atoms with E-state index in [-0.39, 0.29) is 5.56 Å². The lowest BCUT2D eigenvalue weighted by Crippen LogP contribution is -2.35. The van der Waals surface area contributed by atoms with Crippen LogP contribution in [0.4, 0.5) is 5.82 Å². The number of aromatic nitrogens is 1. The van der Waals surface area contributed by atoms with E-state index >= 15 is 0 Å². The van der Waals surface area contributed by atoms with Gasteiger partial charge in [-0.2, -0.15) is 0 Å². The average molecular weight is 271 g/mol. The Balaban J connectivity index is 1.83. The molecule has 0 atom stereocenters. The van der Waals surface area contributed by atoms with E-state index < -0.39 is 0 Å². The highest BCUT2D eigenvalue weighted by Crippen LogP contribution is 2.19. The number of benzene rings is 1. The Morgan fingerprint density at radius 3 is 2.80 bits per heavy atom. The van der Waals surface area contributed by atoms with Gasteiger partial charge in [-0.05, 0) is 49.4 Å². The molecule has 1 fully saturated rings. The topological polar surface area (TPSA) is 48.1 Å². The SMILES string of the molecule is CN(CC1CCNCC1)c1cc2ccccc2c(=O)[nH]1. The summed E-state index contributed by atoms with van der Waals surface area (Å²) in [5, 5.41) is 5.14. The molecule has 1 aromatic heterocycles. The second kappa shape index (κ2) is 5.67. The standard InChI is InChI=1S/C16H21N3O/c1-19(11-12-6-8-17-9-7-12)15-10-13-4-2-3-5-14(13)16(20)18-15/h2-5,10,12,17H,6-9,11H2,1H3,(H,18,20). The van der Waals surface area contributed by atoms with E-state index in [1.807, 2.05) is 24.3 Å². The Bertz CT molecular complexity index is 643. The van der Waals surface area contributed by atoms with Gasteiger partial charge in [0.05, 0.1) is 0 Å². The second-order valence-corrected chi connectivity index (χ2v) is 5.64. The van der Waals surface area contributed by atoms with Crippen molar-refractivity contribution < 1.29 is 0 Å². The van der Waals surface area contributed by atoms with Crippen LogP contribution in [-0.4, -0.2) is 31.7 Å². The first-order valence-corrected chi connectivity index (χ1v) is 7.28. The van der Waals surface area contributed by atoms with Crippen LogP contribution in [0.15, 0.2) is 35.1 Å². The molecule has 1 aliphatic rings. The largest absolute Gasteiger partial charge is 0.361 e. The number of nitrogens with zero attached hydrogens (tertiary/aromatic N) is 1. The van der Waals surface area contributed by atoms with Crippen LogP contribution in [-0.2, 0) is 0 Å². The molecule has 0 spiro atoms. The summed E-state index contributed by atoms with van der Waals surface area (Å²) in [5.74, 6) is 1.61. The number of H-pyrrole nitrogens is 1. The quantitative estimate of drug-likeness (QED) is 0.897. The molecule has 0 unspecified atom stereocenters. The zero-order chi connectivity index (χ0) is 13.9. The van der Waals surface area contributed by atoms with Gasteiger partial charge in [-0.15, -0.1) is 0 Å². The third-order valence-electron chi connectivity index (χ3n) is 4.14. The lowest BCUT2D eigenvalue weighted by molar-refractivity contribution is 0.377. The number of nitrogens with one attached hydrogen (secondary N) is 2. The highest BCUT2D eigenvalue weighted by atomic mass is 16.1. The third kappa shape index (κ3) is 2.70. The van der Waals surface area contributed by atoms with Crippen molar-refractivity contribution in [2.24, 2.45) is 5.92 Å². The molecule has 20 heavy (non-hydrogen) atoms. The summed E-state index contributed by atoms with van der Waals surface area (Å²) in [6, 6.07) is 9.79. The summed E-state index contributed by atoms with van der Waals surface area (Å²) in [6.07, 6.45) is 2.42. The van der Waals surface area contributed by atoms with Crippen LogP contribution in [0, 0.1) is 5.92 Å². The van der Waals surface area contributed by atoms with Crippen molar-refractivity contribution in [1.82, 2.24) is 10.3 Å². The third-order valence-corrected chi connectivity index (χ3v) is 4.14. The van der Waals surface area contributed by atoms with Crippen molar-refractivity contribution in [2.45, 2.75) is 12.8 Å². The molecular weight excluding hydrogens is 250 g/mol. The normalized spacial score (nSPS) is 16.4. The maximum absolute atomic E-state index is 12.1. The molecule has 0 aliphatic carbocycles. The molecular formula is C16H21N3O. The number of hydrogen-bond acceptors (Lipinski definition) is 3. The van der Waals surface area contributed by atoms with E-state index in [0.29, 0.717) is 5.92 Å². The number of aromatic amines is 1. The molecule has 1 aromatic carbocycles. The van der Waals surface area contributed by atoms with Gasteiger partial charge in [-0.3, -0.25) is 4.79 Å². The molecule has 0 amide bonds. The summed E-state index contributed by atoms with van der Waals surface area (Å²) in [6.45, 7) is 3.20. The minimum atomic E-state index is -0.00439. The van der Waals surface area contributed by atoms with Crippen LogP contribution >= 0.6 is 0 Å². The van der Waals surface area contributed by atoms with Gasteiger partial charge in [0.15, 0.2) is 0 Å². The van der Waals surface area contributed by atoms with Gasteiger partial charge >= 0.3 is 0 Å². The smallest absolute Gasteiger partial charge is 0.257 e. The van der Waals surface area contributed by atoms with Crippen molar-refractivity contribution in [3.63, 3.8) is 0 Å². The summed E-state index contributed by atoms with van der Waals surface area (Å²) >= 11 is 0. The zero-order valence-corrected chi connectivity index (χ0v) is 11.9. The van der Waals surface area contributed by atoms with Crippen molar-refractivity contribution in [3.8, 4) is 0 Å². The first-order valence-electron chi connectivity index (χ1n) is 7.28. The summed E-state index contributed by atoms with van der Waals surface area (Å²) in [5.41, 5.74) is -0.00439. The molecule has 2 N–H and O–H groups in total. The lowest BCUT2D eigenvalue weighted by atomic mass is 9.98. The van der Waals surface area contributed by atoms with Gasteiger partial charge in [0.25, 0.3) is 5.56 Å². The molecule has 4 heteroatoms. The fourth-order valence-electron chi connectivity index (χ4n) is 2.95. The van der Waals surface area contributed by atoms with Crippen LogP contribution in [0.1, 0.15) is 12.8 Å². The number of anilines is 1. The number of piperidine rings is 1. The van der Waals surface area contributed by atoms with Crippen molar-refractivity contribution in [1.29, 1.82) is 0 Å². The molecule has 4 nitrogen and oxygen atoms in total. The second-order valence-electron chi connectivity index (χ2n) is 5.64. The fourth-order valence-corrected chi connectivity index (χ4v) is 2.95. The number of pyridine rings is 1. The van der Waals surface area contributed by atoms with Gasteiger partial charge in [0.1, 0.15) is 5.82 Å². The highest BCUT2D eigenvalue weighted by molar-refractivity contribution is 5.83. The fraction of sp³-hybridized carbons (Fsp3) is 0.438. The van der Waals surface area contributed by atoms with Crippen molar-refractivity contribution in [3.05, 3.63) is 40.7 Å². The van der Waals surface area contributed by atoms with Crippen molar-refractivity contribution >= 4 is 16.6 Å². The maximum Gasteiger partial charge on any atom is 0.257 e. The summed E-state index contributed by atoms with van der Waals surface area (Å²) in [4.78, 5) is 17.3. The molecule has 106 valence electrons. The lowest BCUT2D eigenvalue weighted by Gasteiger charge is -2.28. The first kappa shape index (κ1) is 13.2. The number of hydrogen-bond donors (Lipinski definition) is 2. The van der Waals surface area contributed by atoms with E-state index in [0.717, 1.165) is 36.2 Å². The minimum Gasteiger partial charge on any atom is -0.361 e. The van der Waals surface area contributed by atoms with Gasteiger partial charge in [-0.25, -0.2) is 0 Å². The molecule has 3 rings (SSSR count). The van der Waals surface area contributed by atoms with E-state index in [1.165, 1.54) is 12.8 Å². The molecule has 0 radical (unpaired) electrons. The van der Waals surface area contributed by atoms with Crippen LogP contribution in [0.3, 0.4) is 0 Å². The van der Waals surface area contributed by atoms with Crippen LogP contribution in [0.25, 0.3) is 10.8 Å². The monoisotopic (exact) mass is 271 g/mol. The molecule has 0 saturated carbocycles. The Morgan fingerprint density at radius 2 is 2.00 bits per heavy atom. The predicted molar refractivity (Wildman–Crippen MR) is 83.4 cm³/mol. The number of fused-ring (bicyclic) bond motifs is 1. The Labute approximate surface area is 118 Å². The van der Waals surface area contributed by atoms with Gasteiger partial charge in [0, 0.05) is 19.0 Å². The van der Waals surface area contributed by atoms with Crippen LogP contribution in [0.2, 0.25) is 0 Å². The molecule has 2 heterocycles. The van der Waals surface area contributed by atoms with E-state index in [1.54, 1.807) is 0 Å². The summed E-state index contributed by atoms with van der Waals surface area (Å²) in [7, 11) is 2.06. The van der Waals surface area contributed by atoms with Crippen LogP contribution in [0.5, 0.6) is 0 Å². The molecule has 1 aliphatic heterocycles. The molecule has 2 aromatic rings. The van der Waals surface area contributed by atoms with Gasteiger partial charge < -0.3 is 15.2 Å². The van der Waals surface area contributed by atoms with E-state index in [4.69, 9.17) is 0 Å². The Morgan fingerprint density at radius 1 is 1.25 bits per heavy atom. The van der Waals surface area contributed by atoms with Crippen molar-refractivity contribution in [2.75, 3.05) is 31.6 Å². The summed E-state index contributed by atoms with van der Waals surface area (Å²) < 4.78 is 0. The average Bonchev–Trinajstić information content (AvgIpc) is 2.48. The zero-order valence-electron chi connectivity index (χ0n) is 11.9. The van der Waals surface area contributed by atoms with E-state index in [2.05, 4.69) is 28.3 Å². The van der Waals surface area contributed by atoms with Gasteiger partial charge in [-0.1, -0.05) is 18.2 Å². The molecule has 1 saturated heterocycles. The Hall–Kier alpha value is -1.81.